The van der Waals surface area contributed by atoms with Crippen LogP contribution in [-0.4, -0.2) is 24.8 Å². The number of nitrogens with zero attached hydrogens (tertiary/aromatic N) is 1. The van der Waals surface area contributed by atoms with E-state index in [0.717, 1.165) is 15.8 Å². The number of hydrogen-bond donors (Lipinski definition) is 1. The van der Waals surface area contributed by atoms with E-state index in [2.05, 4.69) is 26.5 Å². The summed E-state index contributed by atoms with van der Waals surface area (Å²) in [6.45, 7) is 0.132. The number of carbonyl (C=O) groups is 1. The molecule has 0 fully saturated rings. The lowest BCUT2D eigenvalue weighted by Gasteiger charge is -2.24. The van der Waals surface area contributed by atoms with Crippen LogP contribution >= 0.6 is 15.9 Å². The molecule has 2 aromatic carbocycles. The zero-order valence-electron chi connectivity index (χ0n) is 14.1. The lowest BCUT2D eigenvalue weighted by Crippen LogP contribution is -2.42. The van der Waals surface area contributed by atoms with Crippen molar-refractivity contribution in [3.05, 3.63) is 70.9 Å². The lowest BCUT2D eigenvalue weighted by molar-refractivity contribution is -0.130. The molecule has 1 unspecified atom stereocenters. The maximum atomic E-state index is 12.2. The summed E-state index contributed by atoms with van der Waals surface area (Å²) in [5.41, 5.74) is 3.40. The number of nitrogens with one attached hydrogen (secondary N) is 1. The predicted molar refractivity (Wildman–Crippen MR) is 104 cm³/mol. The van der Waals surface area contributed by atoms with E-state index in [9.17, 15) is 4.79 Å². The van der Waals surface area contributed by atoms with E-state index in [-0.39, 0.29) is 12.5 Å². The van der Waals surface area contributed by atoms with Crippen molar-refractivity contribution in [2.24, 2.45) is 5.10 Å². The van der Waals surface area contributed by atoms with Crippen molar-refractivity contribution in [3.8, 4) is 22.8 Å². The molecule has 0 radical (unpaired) electrons. The van der Waals surface area contributed by atoms with Crippen LogP contribution in [0.2, 0.25) is 0 Å². The molecule has 27 heavy (non-hydrogen) atoms. The Morgan fingerprint density at radius 3 is 2.67 bits per heavy atom. The fraction of sp³-hybridized carbons (Fsp3) is 0.100. The second-order valence-corrected chi connectivity index (χ2v) is 6.72. The smallest absolute Gasteiger partial charge is 0.284 e. The number of amides is 1. The van der Waals surface area contributed by atoms with Crippen LogP contribution in [0.4, 0.5) is 0 Å². The second kappa shape index (κ2) is 7.67. The standard InChI is InChI=1S/C20H15BrN2O4/c21-14-7-5-13(6-8-14)16-10-9-15(26-16)11-22-23-20(24)19-12-25-17-3-1-2-4-18(17)27-19/h1-11,19H,12H2,(H,23,24)/b22-11+. The molecular weight excluding hydrogens is 412 g/mol. The van der Waals surface area contributed by atoms with Crippen LogP contribution in [0.15, 0.2) is 74.7 Å². The van der Waals surface area contributed by atoms with Crippen molar-refractivity contribution in [3.63, 3.8) is 0 Å². The summed E-state index contributed by atoms with van der Waals surface area (Å²) in [6, 6.07) is 18.6. The van der Waals surface area contributed by atoms with E-state index in [4.69, 9.17) is 13.9 Å². The second-order valence-electron chi connectivity index (χ2n) is 5.81. The van der Waals surface area contributed by atoms with Crippen LogP contribution in [0.25, 0.3) is 11.3 Å². The normalized spacial score (nSPS) is 15.7. The molecule has 2 heterocycles. The van der Waals surface area contributed by atoms with Crippen molar-refractivity contribution >= 4 is 28.1 Å². The summed E-state index contributed by atoms with van der Waals surface area (Å²) in [4.78, 5) is 12.2. The highest BCUT2D eigenvalue weighted by Gasteiger charge is 2.26. The van der Waals surface area contributed by atoms with Crippen LogP contribution < -0.4 is 14.9 Å². The van der Waals surface area contributed by atoms with Gasteiger partial charge in [0.25, 0.3) is 5.91 Å². The van der Waals surface area contributed by atoms with Gasteiger partial charge < -0.3 is 13.9 Å². The Labute approximate surface area is 163 Å². The van der Waals surface area contributed by atoms with Crippen LogP contribution in [-0.2, 0) is 4.79 Å². The summed E-state index contributed by atoms with van der Waals surface area (Å²) in [6.07, 6.45) is 0.685. The van der Waals surface area contributed by atoms with E-state index in [1.165, 1.54) is 6.21 Å². The minimum absolute atomic E-state index is 0.132. The van der Waals surface area contributed by atoms with Gasteiger partial charge in [0.15, 0.2) is 11.5 Å². The Morgan fingerprint density at radius 2 is 1.85 bits per heavy atom. The summed E-state index contributed by atoms with van der Waals surface area (Å²) < 4.78 is 17.9. The van der Waals surface area contributed by atoms with Crippen LogP contribution in [0.1, 0.15) is 5.76 Å². The predicted octanol–water partition coefficient (Wildman–Crippen LogP) is 4.00. The number of hydrogen-bond acceptors (Lipinski definition) is 5. The molecule has 1 atom stereocenters. The zero-order valence-corrected chi connectivity index (χ0v) is 15.7. The van der Waals surface area contributed by atoms with E-state index in [1.807, 2.05) is 42.5 Å². The number of fused-ring (bicyclic) bond motifs is 1. The van der Waals surface area contributed by atoms with Gasteiger partial charge in [0.1, 0.15) is 18.1 Å². The highest BCUT2D eigenvalue weighted by molar-refractivity contribution is 9.10. The highest BCUT2D eigenvalue weighted by atomic mass is 79.9. The van der Waals surface area contributed by atoms with Gasteiger partial charge in [-0.2, -0.15) is 5.10 Å². The minimum atomic E-state index is -0.757. The molecule has 136 valence electrons. The highest BCUT2D eigenvalue weighted by Crippen LogP contribution is 2.30. The van der Waals surface area contributed by atoms with E-state index < -0.39 is 6.10 Å². The Hall–Kier alpha value is -3.06. The van der Waals surface area contributed by atoms with Crippen molar-refractivity contribution in [1.29, 1.82) is 0 Å². The Balaban J connectivity index is 1.36. The van der Waals surface area contributed by atoms with Gasteiger partial charge in [-0.1, -0.05) is 40.2 Å². The average molecular weight is 427 g/mol. The Morgan fingerprint density at radius 1 is 1.07 bits per heavy atom. The molecular formula is C20H15BrN2O4. The summed E-state index contributed by atoms with van der Waals surface area (Å²) in [5, 5.41) is 3.93. The molecule has 0 saturated heterocycles. The minimum Gasteiger partial charge on any atom is -0.485 e. The van der Waals surface area contributed by atoms with Gasteiger partial charge in [-0.25, -0.2) is 5.43 Å². The van der Waals surface area contributed by atoms with Crippen LogP contribution in [0, 0.1) is 0 Å². The Kier molecular flexibility index (Phi) is 4.93. The van der Waals surface area contributed by atoms with Crippen molar-refractivity contribution in [2.75, 3.05) is 6.61 Å². The van der Waals surface area contributed by atoms with Gasteiger partial charge in [-0.3, -0.25) is 4.79 Å². The number of ether oxygens (including phenoxy) is 2. The first-order valence-electron chi connectivity index (χ1n) is 8.26. The van der Waals surface area contributed by atoms with Crippen molar-refractivity contribution in [1.82, 2.24) is 5.43 Å². The number of rotatable bonds is 4. The molecule has 1 N–H and O–H groups in total. The number of para-hydroxylation sites is 2. The van der Waals surface area contributed by atoms with E-state index >= 15 is 0 Å². The molecule has 1 aliphatic rings. The maximum absolute atomic E-state index is 12.2. The molecule has 1 aliphatic heterocycles. The lowest BCUT2D eigenvalue weighted by atomic mass is 10.2. The van der Waals surface area contributed by atoms with Gasteiger partial charge in [0, 0.05) is 10.0 Å². The Bertz CT molecular complexity index is 982. The van der Waals surface area contributed by atoms with E-state index in [0.29, 0.717) is 17.3 Å². The quantitative estimate of drug-likeness (QED) is 0.505. The molecule has 6 nitrogen and oxygen atoms in total. The molecule has 1 amide bonds. The van der Waals surface area contributed by atoms with Gasteiger partial charge >= 0.3 is 0 Å². The molecule has 0 saturated carbocycles. The third-order valence-corrected chi connectivity index (χ3v) is 4.45. The maximum Gasteiger partial charge on any atom is 0.284 e. The fourth-order valence-electron chi connectivity index (χ4n) is 2.57. The van der Waals surface area contributed by atoms with Crippen LogP contribution in [0.3, 0.4) is 0 Å². The van der Waals surface area contributed by atoms with Gasteiger partial charge in [0.05, 0.1) is 6.21 Å². The first kappa shape index (κ1) is 17.4. The third kappa shape index (κ3) is 4.03. The number of furan rings is 1. The number of halogens is 1. The number of hydrazone groups is 1. The summed E-state index contributed by atoms with van der Waals surface area (Å²) in [7, 11) is 0. The van der Waals surface area contributed by atoms with Crippen molar-refractivity contribution < 1.29 is 18.7 Å². The number of carbonyl (C=O) groups excluding carboxylic acids is 1. The van der Waals surface area contributed by atoms with Gasteiger partial charge in [0.2, 0.25) is 6.10 Å². The first-order chi connectivity index (χ1) is 13.2. The molecule has 1 aromatic heterocycles. The first-order valence-corrected chi connectivity index (χ1v) is 9.05. The van der Waals surface area contributed by atoms with Crippen LogP contribution in [0.5, 0.6) is 11.5 Å². The molecule has 7 heteroatoms. The SMILES string of the molecule is O=C(N/N=C/c1ccc(-c2ccc(Br)cc2)o1)C1COc2ccccc2O1. The molecule has 0 aliphatic carbocycles. The van der Waals surface area contributed by atoms with Crippen molar-refractivity contribution in [2.45, 2.75) is 6.10 Å². The molecule has 4 rings (SSSR count). The fourth-order valence-corrected chi connectivity index (χ4v) is 2.84. The summed E-state index contributed by atoms with van der Waals surface area (Å²) in [5.74, 6) is 2.02. The topological polar surface area (TPSA) is 73.1 Å². The third-order valence-electron chi connectivity index (χ3n) is 3.92. The number of benzene rings is 2. The molecule has 3 aromatic rings. The molecule has 0 bridgehead atoms. The average Bonchev–Trinajstić information content (AvgIpc) is 3.17. The molecule has 0 spiro atoms. The largest absolute Gasteiger partial charge is 0.485 e. The zero-order chi connectivity index (χ0) is 18.6. The monoisotopic (exact) mass is 426 g/mol. The van der Waals surface area contributed by atoms with E-state index in [1.54, 1.807) is 18.2 Å². The van der Waals surface area contributed by atoms with Gasteiger partial charge in [-0.15, -0.1) is 0 Å². The van der Waals surface area contributed by atoms with Gasteiger partial charge in [-0.05, 0) is 36.4 Å². The summed E-state index contributed by atoms with van der Waals surface area (Å²) >= 11 is 3.40.